The topological polar surface area (TPSA) is 198 Å². The minimum Gasteiger partial charge on any atom is -0.501 e. The van der Waals surface area contributed by atoms with Crippen LogP contribution in [0.5, 0.6) is 0 Å². The van der Waals surface area contributed by atoms with E-state index in [0.29, 0.717) is 55.5 Å². The number of hydrogen-bond acceptors (Lipinski definition) is 11. The number of likely N-dealkylation sites (tertiary alicyclic amines) is 1. The number of primary amides is 1. The molecule has 0 radical (unpaired) electrons. The van der Waals surface area contributed by atoms with Crippen LogP contribution >= 0.6 is 11.3 Å². The molecule has 0 bridgehead atoms. The van der Waals surface area contributed by atoms with Gasteiger partial charge in [-0.15, -0.1) is 11.3 Å². The van der Waals surface area contributed by atoms with Gasteiger partial charge in [-0.25, -0.2) is 13.8 Å². The molecule has 3 aromatic heterocycles. The number of unbranched alkanes of at least 4 members (excludes halogenated alkanes) is 5. The average molecular weight is 1050 g/mol. The number of methoxy groups -OCH3 is 1. The number of benzene rings is 2. The lowest BCUT2D eigenvalue weighted by Gasteiger charge is -2.41. The van der Waals surface area contributed by atoms with Crippen LogP contribution in [-0.4, -0.2) is 97.2 Å². The van der Waals surface area contributed by atoms with E-state index in [0.717, 1.165) is 94.9 Å². The number of nitrogens with zero attached hydrogens (tertiary/aromatic N) is 6. The van der Waals surface area contributed by atoms with Gasteiger partial charge in [0.25, 0.3) is 12.0 Å². The molecule has 15 nitrogen and oxygen atoms in total. The van der Waals surface area contributed by atoms with Crippen molar-refractivity contribution in [1.29, 1.82) is 0 Å². The third-order valence-corrected chi connectivity index (χ3v) is 15.8. The van der Waals surface area contributed by atoms with Crippen molar-refractivity contribution in [3.8, 4) is 21.6 Å². The molecule has 75 heavy (non-hydrogen) atoms. The van der Waals surface area contributed by atoms with Crippen LogP contribution in [0.25, 0.3) is 27.6 Å². The Bertz CT molecular complexity index is 2870. The number of amides is 3. The molecule has 0 saturated carbocycles. The number of nitrogens with two attached hydrogens (primary N) is 1. The van der Waals surface area contributed by atoms with E-state index in [1.165, 1.54) is 6.92 Å². The van der Waals surface area contributed by atoms with Crippen LogP contribution in [0.15, 0.2) is 70.9 Å². The standard InChI is InChI=1S/C55H69F2N7O6S.C2H5NO/c1-33(2)51(55(69)64-30-40(66)24-48(64)45(31-65)36-16-18-37(19-17-36)52-35(4)58-32-71-52)60-50(67)15-11-9-7-8-10-12-20-62-29-39(28-59-62)42-23-38-14-13-21-63(46(38)27-43(42)53(56)57)49-26-41(70-6)25-47-44(49)22-34(3)54(68)61(47)5;1-2(3)4/h16-19,22-23,25,27-29,32-33,40,45,48-49,51,53,65-66H,7-15,20-21,24,26,30-31H2,1-6H3,(H,60,67);1H3,(H2,3,4)/t40-,45?,48?,49?,51?;/m1./s1. The number of ether oxygens (including phenoxy) is 1. The molecule has 2 aromatic carbocycles. The van der Waals surface area contributed by atoms with E-state index in [9.17, 15) is 38.2 Å². The van der Waals surface area contributed by atoms with E-state index < -0.39 is 30.5 Å². The van der Waals surface area contributed by atoms with Crippen LogP contribution in [0.1, 0.15) is 143 Å². The SMILES string of the molecule is CC(N)=O.COC1=Cc2c(cc(C)c(=O)n2C)C(N2CCCc3cc(-c4cnn(CCCCCCCCC(=O)NC(C(=O)N5C[C@H](O)CC5C(CO)c5ccc(-c6scnc6C)cc5)C(C)C)c4)c(C(F)F)cc32)C1. The van der Waals surface area contributed by atoms with Gasteiger partial charge in [0.05, 0.1) is 59.6 Å². The fourth-order valence-corrected chi connectivity index (χ4v) is 11.8. The van der Waals surface area contributed by atoms with Gasteiger partial charge in [0.1, 0.15) is 6.04 Å². The maximum absolute atomic E-state index is 15.0. The Hall–Kier alpha value is -6.24. The van der Waals surface area contributed by atoms with Crippen LogP contribution < -0.4 is 21.5 Å². The highest BCUT2D eigenvalue weighted by Gasteiger charge is 2.43. The smallest absolute Gasteiger partial charge is 0.264 e. The Balaban J connectivity index is 0.00000198. The number of β-amino-alcohol motifs (C(OH)–C–C–N with tert-alkyl or cyclic N) is 1. The number of aryl methyl sites for hydroxylation is 4. The number of carbonyl (C=O) groups is 3. The monoisotopic (exact) mass is 1050 g/mol. The number of alkyl halides is 2. The lowest BCUT2D eigenvalue weighted by atomic mass is 9.88. The Morgan fingerprint density at radius 2 is 1.72 bits per heavy atom. The summed E-state index contributed by atoms with van der Waals surface area (Å²) in [4.78, 5) is 58.8. The zero-order chi connectivity index (χ0) is 54.1. The van der Waals surface area contributed by atoms with Gasteiger partial charge in [-0.1, -0.05) is 63.8 Å². The van der Waals surface area contributed by atoms with Crippen molar-refractivity contribution >= 4 is 40.8 Å². The third-order valence-electron chi connectivity index (χ3n) is 14.8. The molecule has 0 spiro atoms. The van der Waals surface area contributed by atoms with Gasteiger partial charge in [-0.3, -0.25) is 23.9 Å². The Morgan fingerprint density at radius 1 is 1.01 bits per heavy atom. The Morgan fingerprint density at radius 3 is 2.37 bits per heavy atom. The number of anilines is 1. The van der Waals surface area contributed by atoms with Crippen molar-refractivity contribution in [2.24, 2.45) is 18.7 Å². The van der Waals surface area contributed by atoms with Crippen LogP contribution in [-0.2, 0) is 39.1 Å². The predicted octanol–water partition coefficient (Wildman–Crippen LogP) is 8.91. The average Bonchev–Trinajstić information content (AvgIpc) is 4.15. The van der Waals surface area contributed by atoms with Gasteiger partial charge in [0.15, 0.2) is 0 Å². The first kappa shape index (κ1) is 56.5. The molecule has 1 fully saturated rings. The molecule has 4 unspecified atom stereocenters. The number of carbonyl (C=O) groups excluding carboxylic acids is 3. The summed E-state index contributed by atoms with van der Waals surface area (Å²) in [5, 5.41) is 28.9. The first-order chi connectivity index (χ1) is 35.9. The number of nitrogens with one attached hydrogen (secondary N) is 1. The quantitative estimate of drug-likeness (QED) is 0.0546. The van der Waals surface area contributed by atoms with Crippen molar-refractivity contribution in [1.82, 2.24) is 29.5 Å². The number of pyridine rings is 1. The molecule has 5 heterocycles. The summed E-state index contributed by atoms with van der Waals surface area (Å²) in [6, 6.07) is 12.1. The molecule has 18 heteroatoms. The number of aliphatic hydroxyl groups is 2. The molecule has 1 saturated heterocycles. The predicted molar refractivity (Wildman–Crippen MR) is 289 cm³/mol. The second-order valence-corrected chi connectivity index (χ2v) is 21.5. The van der Waals surface area contributed by atoms with Crippen molar-refractivity contribution < 1.29 is 38.1 Å². The molecule has 404 valence electrons. The molecular formula is C57H74F2N8O7S. The summed E-state index contributed by atoms with van der Waals surface area (Å²) in [5.41, 5.74) is 14.4. The number of hydrogen-bond donors (Lipinski definition) is 4. The van der Waals surface area contributed by atoms with Gasteiger partial charge in [-0.05, 0) is 97.9 Å². The fraction of sp³-hybridized carbons (Fsp3) is 0.509. The zero-order valence-corrected chi connectivity index (χ0v) is 45.2. The molecule has 3 aliphatic rings. The van der Waals surface area contributed by atoms with E-state index in [4.69, 9.17) is 4.74 Å². The Labute approximate surface area is 442 Å². The van der Waals surface area contributed by atoms with Crippen molar-refractivity contribution in [3.05, 3.63) is 116 Å². The summed E-state index contributed by atoms with van der Waals surface area (Å²) in [7, 11) is 3.38. The number of rotatable bonds is 20. The molecule has 5 aromatic rings. The van der Waals surface area contributed by atoms with Crippen molar-refractivity contribution in [2.45, 2.75) is 148 Å². The fourth-order valence-electron chi connectivity index (χ4n) is 11.0. The van der Waals surface area contributed by atoms with E-state index in [1.807, 2.05) is 86.6 Å². The zero-order valence-electron chi connectivity index (χ0n) is 44.4. The maximum Gasteiger partial charge on any atom is 0.264 e. The van der Waals surface area contributed by atoms with E-state index >= 15 is 0 Å². The van der Waals surface area contributed by atoms with Gasteiger partial charge < -0.3 is 40.4 Å². The molecule has 8 rings (SSSR count). The first-order valence-electron chi connectivity index (χ1n) is 26.2. The molecular weight excluding hydrogens is 979 g/mol. The second-order valence-electron chi connectivity index (χ2n) is 20.6. The largest absolute Gasteiger partial charge is 0.501 e. The number of halogens is 2. The highest BCUT2D eigenvalue weighted by Crippen LogP contribution is 2.45. The maximum atomic E-state index is 15.0. The van der Waals surface area contributed by atoms with Crippen LogP contribution in [0.2, 0.25) is 0 Å². The summed E-state index contributed by atoms with van der Waals surface area (Å²) >= 11 is 1.57. The van der Waals surface area contributed by atoms with Crippen LogP contribution in [0.3, 0.4) is 0 Å². The summed E-state index contributed by atoms with van der Waals surface area (Å²) < 4.78 is 39.1. The van der Waals surface area contributed by atoms with Crippen molar-refractivity contribution in [3.63, 3.8) is 0 Å². The molecule has 3 amide bonds. The number of aliphatic hydroxyl groups excluding tert-OH is 2. The lowest BCUT2D eigenvalue weighted by Crippen LogP contribution is -2.53. The van der Waals surface area contributed by atoms with Gasteiger partial charge in [0, 0.05) is 93.1 Å². The first-order valence-corrected chi connectivity index (χ1v) is 27.1. The van der Waals surface area contributed by atoms with Crippen LogP contribution in [0.4, 0.5) is 14.5 Å². The number of fused-ring (bicyclic) bond motifs is 2. The third kappa shape index (κ3) is 13.4. The van der Waals surface area contributed by atoms with Crippen LogP contribution in [0, 0.1) is 19.8 Å². The minimum absolute atomic E-state index is 0.0297. The Kier molecular flexibility index (Phi) is 19.2. The second kappa shape index (κ2) is 25.5. The number of aromatic nitrogens is 4. The van der Waals surface area contributed by atoms with E-state index in [1.54, 1.807) is 47.2 Å². The van der Waals surface area contributed by atoms with Gasteiger partial charge in [-0.2, -0.15) is 5.10 Å². The van der Waals surface area contributed by atoms with Gasteiger partial charge >= 0.3 is 0 Å². The van der Waals surface area contributed by atoms with E-state index in [2.05, 4.69) is 26.0 Å². The highest BCUT2D eigenvalue weighted by atomic mass is 32.1. The summed E-state index contributed by atoms with van der Waals surface area (Å²) in [6.45, 7) is 10.2. The highest BCUT2D eigenvalue weighted by molar-refractivity contribution is 7.13. The summed E-state index contributed by atoms with van der Waals surface area (Å²) in [5.74, 6) is -0.600. The molecule has 1 aliphatic carbocycles. The molecule has 5 N–H and O–H groups in total. The lowest BCUT2D eigenvalue weighted by molar-refractivity contribution is -0.139. The summed E-state index contributed by atoms with van der Waals surface area (Å²) in [6.07, 6.45) is 10.1. The minimum atomic E-state index is -2.69. The number of thiazole rings is 1. The van der Waals surface area contributed by atoms with Gasteiger partial charge in [0.2, 0.25) is 17.7 Å². The normalized spacial score (nSPS) is 18.0. The molecule has 5 atom stereocenters. The molecule has 2 aliphatic heterocycles. The van der Waals surface area contributed by atoms with Crippen molar-refractivity contribution in [2.75, 3.05) is 31.7 Å². The van der Waals surface area contributed by atoms with E-state index in [-0.39, 0.29) is 54.0 Å².